The van der Waals surface area contributed by atoms with Crippen LogP contribution in [0.5, 0.6) is 17.2 Å². The van der Waals surface area contributed by atoms with Gasteiger partial charge in [-0.05, 0) is 36.2 Å². The third-order valence-corrected chi connectivity index (χ3v) is 4.53. The largest absolute Gasteiger partial charge is 0.496 e. The third-order valence-electron chi connectivity index (χ3n) is 4.53. The molecule has 0 saturated heterocycles. The van der Waals surface area contributed by atoms with E-state index in [9.17, 15) is 4.79 Å². The van der Waals surface area contributed by atoms with Crippen LogP contribution in [-0.4, -0.2) is 31.3 Å². The van der Waals surface area contributed by atoms with Gasteiger partial charge in [-0.1, -0.05) is 18.2 Å². The number of ether oxygens (including phenoxy) is 3. The summed E-state index contributed by atoms with van der Waals surface area (Å²) < 4.78 is 16.0. The summed E-state index contributed by atoms with van der Waals surface area (Å²) in [6.07, 6.45) is 3.89. The molecule has 1 aliphatic rings. The predicted molar refractivity (Wildman–Crippen MR) is 109 cm³/mol. The average molecular weight is 391 g/mol. The Bertz CT molecular complexity index is 1020. The van der Waals surface area contributed by atoms with E-state index in [1.165, 1.54) is 0 Å². The number of nitrogens with one attached hydrogen (secondary N) is 2. The van der Waals surface area contributed by atoms with E-state index in [4.69, 9.17) is 14.2 Å². The standard InChI is InChI=1S/C22H21N3O4/c1-27-19-5-3-2-4-15(19)8-9-24-22(26)16-10-18(13-23-12-16)25-17-6-7-20-21(11-17)29-14-28-20/h2-7,10-13,25H,8-9,14H2,1H3,(H,24,26). The summed E-state index contributed by atoms with van der Waals surface area (Å²) in [5.74, 6) is 2.05. The second-order valence-electron chi connectivity index (χ2n) is 6.47. The summed E-state index contributed by atoms with van der Waals surface area (Å²) in [5, 5.41) is 6.16. The summed E-state index contributed by atoms with van der Waals surface area (Å²) in [4.78, 5) is 16.7. The van der Waals surface area contributed by atoms with Crippen LogP contribution < -0.4 is 24.8 Å². The number of hydrogen-bond acceptors (Lipinski definition) is 6. The number of aromatic nitrogens is 1. The van der Waals surface area contributed by atoms with Crippen molar-refractivity contribution in [3.63, 3.8) is 0 Å². The molecule has 148 valence electrons. The minimum Gasteiger partial charge on any atom is -0.496 e. The number of carbonyl (C=O) groups is 1. The van der Waals surface area contributed by atoms with Gasteiger partial charge >= 0.3 is 0 Å². The summed E-state index contributed by atoms with van der Waals surface area (Å²) in [7, 11) is 1.64. The monoisotopic (exact) mass is 391 g/mol. The zero-order valence-corrected chi connectivity index (χ0v) is 16.0. The molecule has 29 heavy (non-hydrogen) atoms. The number of carbonyl (C=O) groups excluding carboxylic acids is 1. The van der Waals surface area contributed by atoms with Gasteiger partial charge in [-0.3, -0.25) is 9.78 Å². The molecular formula is C22H21N3O4. The van der Waals surface area contributed by atoms with Crippen LogP contribution in [0, 0.1) is 0 Å². The fraction of sp³-hybridized carbons (Fsp3) is 0.182. The number of fused-ring (bicyclic) bond motifs is 1. The first-order chi connectivity index (χ1) is 14.2. The number of para-hydroxylation sites is 1. The number of amides is 1. The zero-order valence-electron chi connectivity index (χ0n) is 16.0. The first-order valence-electron chi connectivity index (χ1n) is 9.25. The Morgan fingerprint density at radius 3 is 2.83 bits per heavy atom. The highest BCUT2D eigenvalue weighted by atomic mass is 16.7. The molecule has 3 aromatic rings. The highest BCUT2D eigenvalue weighted by molar-refractivity contribution is 5.94. The summed E-state index contributed by atoms with van der Waals surface area (Å²) in [6, 6.07) is 15.1. The van der Waals surface area contributed by atoms with E-state index >= 15 is 0 Å². The van der Waals surface area contributed by atoms with E-state index in [-0.39, 0.29) is 12.7 Å². The number of rotatable bonds is 7. The van der Waals surface area contributed by atoms with Gasteiger partial charge < -0.3 is 24.8 Å². The van der Waals surface area contributed by atoms with Crippen LogP contribution >= 0.6 is 0 Å². The van der Waals surface area contributed by atoms with Crippen molar-refractivity contribution in [2.45, 2.75) is 6.42 Å². The molecule has 0 atom stereocenters. The lowest BCUT2D eigenvalue weighted by Crippen LogP contribution is -2.26. The molecule has 4 rings (SSSR count). The van der Waals surface area contributed by atoms with Crippen LogP contribution in [0.2, 0.25) is 0 Å². The highest BCUT2D eigenvalue weighted by Crippen LogP contribution is 2.35. The Morgan fingerprint density at radius 1 is 1.07 bits per heavy atom. The van der Waals surface area contributed by atoms with E-state index < -0.39 is 0 Å². The van der Waals surface area contributed by atoms with Crippen molar-refractivity contribution in [1.82, 2.24) is 10.3 Å². The minimum absolute atomic E-state index is 0.179. The molecule has 1 amide bonds. The first-order valence-corrected chi connectivity index (χ1v) is 9.25. The van der Waals surface area contributed by atoms with Crippen molar-refractivity contribution in [2.24, 2.45) is 0 Å². The van der Waals surface area contributed by atoms with Gasteiger partial charge in [-0.25, -0.2) is 0 Å². The summed E-state index contributed by atoms with van der Waals surface area (Å²) in [5.41, 5.74) is 3.06. The van der Waals surface area contributed by atoms with E-state index in [2.05, 4.69) is 15.6 Å². The summed E-state index contributed by atoms with van der Waals surface area (Å²) in [6.45, 7) is 0.726. The Balaban J connectivity index is 1.37. The number of pyridine rings is 1. The smallest absolute Gasteiger partial charge is 0.252 e. The van der Waals surface area contributed by atoms with Gasteiger partial charge in [0.2, 0.25) is 6.79 Å². The van der Waals surface area contributed by atoms with Crippen LogP contribution in [0.4, 0.5) is 11.4 Å². The molecule has 0 spiro atoms. The molecule has 0 unspecified atom stereocenters. The lowest BCUT2D eigenvalue weighted by Gasteiger charge is -2.10. The van der Waals surface area contributed by atoms with Gasteiger partial charge in [-0.2, -0.15) is 0 Å². The molecule has 0 fully saturated rings. The number of hydrogen-bond donors (Lipinski definition) is 2. The van der Waals surface area contributed by atoms with Crippen LogP contribution in [0.25, 0.3) is 0 Å². The average Bonchev–Trinajstić information content (AvgIpc) is 3.22. The highest BCUT2D eigenvalue weighted by Gasteiger charge is 2.14. The molecule has 0 saturated carbocycles. The molecule has 7 heteroatoms. The van der Waals surface area contributed by atoms with Gasteiger partial charge in [0.25, 0.3) is 5.91 Å². The maximum atomic E-state index is 12.5. The molecule has 0 aliphatic carbocycles. The maximum absolute atomic E-state index is 12.5. The van der Waals surface area contributed by atoms with Crippen molar-refractivity contribution in [3.8, 4) is 17.2 Å². The Labute approximate surface area is 168 Å². The van der Waals surface area contributed by atoms with E-state index in [0.717, 1.165) is 22.7 Å². The first kappa shape index (κ1) is 18.6. The van der Waals surface area contributed by atoms with Crippen LogP contribution in [0.1, 0.15) is 15.9 Å². The van der Waals surface area contributed by atoms with Crippen LogP contribution in [0.3, 0.4) is 0 Å². The molecule has 2 aromatic carbocycles. The SMILES string of the molecule is COc1ccccc1CCNC(=O)c1cncc(Nc2ccc3c(c2)OCO3)c1. The normalized spacial score (nSPS) is 11.8. The quantitative estimate of drug-likeness (QED) is 0.641. The van der Waals surface area contributed by atoms with E-state index in [0.29, 0.717) is 30.0 Å². The number of benzene rings is 2. The fourth-order valence-electron chi connectivity index (χ4n) is 3.10. The Kier molecular flexibility index (Phi) is 5.47. The second-order valence-corrected chi connectivity index (χ2v) is 6.47. The van der Waals surface area contributed by atoms with Gasteiger partial charge in [0, 0.05) is 24.5 Å². The Morgan fingerprint density at radius 2 is 1.93 bits per heavy atom. The van der Waals surface area contributed by atoms with Crippen molar-refractivity contribution in [2.75, 3.05) is 25.8 Å². The molecular weight excluding hydrogens is 370 g/mol. The van der Waals surface area contributed by atoms with Crippen molar-refractivity contribution in [3.05, 3.63) is 72.1 Å². The molecule has 0 bridgehead atoms. The zero-order chi connectivity index (χ0) is 20.1. The van der Waals surface area contributed by atoms with E-state index in [1.807, 2.05) is 42.5 Å². The van der Waals surface area contributed by atoms with Crippen molar-refractivity contribution < 1.29 is 19.0 Å². The molecule has 1 aromatic heterocycles. The number of methoxy groups -OCH3 is 1. The third kappa shape index (κ3) is 4.40. The van der Waals surface area contributed by atoms with Gasteiger partial charge in [0.15, 0.2) is 11.5 Å². The lowest BCUT2D eigenvalue weighted by molar-refractivity contribution is 0.0953. The van der Waals surface area contributed by atoms with E-state index in [1.54, 1.807) is 25.6 Å². The van der Waals surface area contributed by atoms with Gasteiger partial charge in [-0.15, -0.1) is 0 Å². The molecule has 1 aliphatic heterocycles. The fourth-order valence-corrected chi connectivity index (χ4v) is 3.10. The Hall–Kier alpha value is -3.74. The molecule has 2 heterocycles. The van der Waals surface area contributed by atoms with Crippen molar-refractivity contribution >= 4 is 17.3 Å². The predicted octanol–water partition coefficient (Wildman–Crippen LogP) is 3.54. The van der Waals surface area contributed by atoms with Gasteiger partial charge in [0.1, 0.15) is 5.75 Å². The van der Waals surface area contributed by atoms with Crippen LogP contribution in [-0.2, 0) is 6.42 Å². The maximum Gasteiger partial charge on any atom is 0.252 e. The molecule has 0 radical (unpaired) electrons. The second kappa shape index (κ2) is 8.52. The molecule has 2 N–H and O–H groups in total. The minimum atomic E-state index is -0.179. The van der Waals surface area contributed by atoms with Crippen molar-refractivity contribution in [1.29, 1.82) is 0 Å². The topological polar surface area (TPSA) is 81.7 Å². The molecule has 7 nitrogen and oxygen atoms in total. The summed E-state index contributed by atoms with van der Waals surface area (Å²) >= 11 is 0. The van der Waals surface area contributed by atoms with Gasteiger partial charge in [0.05, 0.1) is 24.6 Å². The lowest BCUT2D eigenvalue weighted by atomic mass is 10.1. The number of anilines is 2. The number of nitrogens with zero attached hydrogens (tertiary/aromatic N) is 1. The van der Waals surface area contributed by atoms with Crippen LogP contribution in [0.15, 0.2) is 60.9 Å².